The minimum absolute atomic E-state index is 0.458. The zero-order valence-corrected chi connectivity index (χ0v) is 18.1. The van der Waals surface area contributed by atoms with Crippen molar-refractivity contribution in [3.8, 4) is 17.2 Å². The third-order valence-electron chi connectivity index (χ3n) is 6.51. The molecule has 0 aliphatic heterocycles. The summed E-state index contributed by atoms with van der Waals surface area (Å²) in [7, 11) is 0. The van der Waals surface area contributed by atoms with Crippen molar-refractivity contribution in [2.75, 3.05) is 6.61 Å². The summed E-state index contributed by atoms with van der Waals surface area (Å²) in [6.45, 7) is 5.51. The molecule has 0 saturated heterocycles. The highest BCUT2D eigenvalue weighted by molar-refractivity contribution is 5.64. The van der Waals surface area contributed by atoms with E-state index >= 15 is 0 Å². The summed E-state index contributed by atoms with van der Waals surface area (Å²) in [6.07, 6.45) is 10.4. The van der Waals surface area contributed by atoms with Gasteiger partial charge in [0.25, 0.3) is 0 Å². The van der Waals surface area contributed by atoms with E-state index < -0.39 is 0 Å². The Kier molecular flexibility index (Phi) is 8.32. The van der Waals surface area contributed by atoms with Gasteiger partial charge in [0, 0.05) is 6.61 Å². The highest BCUT2D eigenvalue weighted by Gasteiger charge is 2.23. The van der Waals surface area contributed by atoms with Crippen molar-refractivity contribution in [1.82, 2.24) is 0 Å². The fourth-order valence-corrected chi connectivity index (χ4v) is 4.42. The number of hydrogen-bond donors (Lipinski definition) is 0. The predicted molar refractivity (Wildman–Crippen MR) is 121 cm³/mol. The van der Waals surface area contributed by atoms with Gasteiger partial charge in [-0.05, 0) is 72.8 Å². The zero-order chi connectivity index (χ0) is 20.5. The molecule has 1 unspecified atom stereocenters. The molecule has 0 aromatic heterocycles. The van der Waals surface area contributed by atoms with Crippen LogP contribution in [-0.4, -0.2) is 12.7 Å². The van der Waals surface area contributed by atoms with Crippen molar-refractivity contribution in [3.05, 3.63) is 59.7 Å². The minimum atomic E-state index is 0.458. The third-order valence-corrected chi connectivity index (χ3v) is 6.51. The van der Waals surface area contributed by atoms with Crippen LogP contribution in [0.4, 0.5) is 0 Å². The topological polar surface area (TPSA) is 33.0 Å². The molecular formula is C27H35NO. The molecule has 0 N–H and O–H groups in total. The quantitative estimate of drug-likeness (QED) is 0.445. The first-order valence-corrected chi connectivity index (χ1v) is 11.5. The van der Waals surface area contributed by atoms with Crippen molar-refractivity contribution in [2.24, 2.45) is 5.92 Å². The molecular weight excluding hydrogens is 354 g/mol. The molecule has 1 saturated carbocycles. The number of unbranched alkanes of at least 4 members (excludes halogenated alkanes) is 1. The van der Waals surface area contributed by atoms with E-state index in [9.17, 15) is 0 Å². The Labute approximate surface area is 176 Å². The van der Waals surface area contributed by atoms with Crippen LogP contribution < -0.4 is 0 Å². The summed E-state index contributed by atoms with van der Waals surface area (Å²) in [6, 6.07) is 19.0. The van der Waals surface area contributed by atoms with Crippen molar-refractivity contribution in [3.63, 3.8) is 0 Å². The van der Waals surface area contributed by atoms with Crippen LogP contribution in [0, 0.1) is 17.2 Å². The lowest BCUT2D eigenvalue weighted by Crippen LogP contribution is -2.23. The summed E-state index contributed by atoms with van der Waals surface area (Å²) >= 11 is 0. The number of ether oxygens (including phenoxy) is 1. The van der Waals surface area contributed by atoms with E-state index in [1.807, 2.05) is 24.3 Å². The fourth-order valence-electron chi connectivity index (χ4n) is 4.42. The van der Waals surface area contributed by atoms with Crippen LogP contribution in [0.15, 0.2) is 48.5 Å². The molecule has 154 valence electrons. The molecule has 0 radical (unpaired) electrons. The number of rotatable bonds is 9. The van der Waals surface area contributed by atoms with Crippen LogP contribution in [-0.2, 0) is 4.74 Å². The van der Waals surface area contributed by atoms with Gasteiger partial charge in [-0.25, -0.2) is 0 Å². The first-order valence-electron chi connectivity index (χ1n) is 11.5. The number of nitrogens with zero attached hydrogens (tertiary/aromatic N) is 1. The SMILES string of the molecule is CCCCC(CC)COC1CCC(c2ccc(-c3ccc(C#N)cc3)cc2)CC1. The first-order chi connectivity index (χ1) is 14.2. The molecule has 3 rings (SSSR count). The standard InChI is InChI=1S/C27H35NO/c1-3-5-6-21(4-2)20-29-27-17-15-26(16-18-27)25-13-11-24(12-14-25)23-9-7-22(19-28)8-10-23/h7-14,21,26-27H,3-6,15-18,20H2,1-2H3. The lowest BCUT2D eigenvalue weighted by Gasteiger charge is -2.30. The molecule has 1 fully saturated rings. The van der Waals surface area contributed by atoms with Crippen molar-refractivity contribution in [2.45, 2.75) is 77.2 Å². The second-order valence-electron chi connectivity index (χ2n) is 8.53. The molecule has 2 nitrogen and oxygen atoms in total. The Hall–Kier alpha value is -2.11. The van der Waals surface area contributed by atoms with E-state index in [0.717, 1.165) is 12.5 Å². The Morgan fingerprint density at radius 1 is 0.931 bits per heavy atom. The zero-order valence-electron chi connectivity index (χ0n) is 18.1. The van der Waals surface area contributed by atoms with Gasteiger partial charge in [0.1, 0.15) is 0 Å². The number of nitriles is 1. The molecule has 2 aromatic carbocycles. The average molecular weight is 390 g/mol. The van der Waals surface area contributed by atoms with Gasteiger partial charge < -0.3 is 4.74 Å². The molecule has 0 amide bonds. The molecule has 2 heteroatoms. The maximum absolute atomic E-state index is 8.95. The summed E-state index contributed by atoms with van der Waals surface area (Å²) < 4.78 is 6.29. The molecule has 1 atom stereocenters. The van der Waals surface area contributed by atoms with Gasteiger partial charge in [0.05, 0.1) is 17.7 Å². The van der Waals surface area contributed by atoms with Gasteiger partial charge in [-0.2, -0.15) is 5.26 Å². The highest BCUT2D eigenvalue weighted by atomic mass is 16.5. The Balaban J connectivity index is 1.48. The van der Waals surface area contributed by atoms with E-state index in [-0.39, 0.29) is 0 Å². The molecule has 1 aliphatic rings. The largest absolute Gasteiger partial charge is 0.378 e. The smallest absolute Gasteiger partial charge is 0.0991 e. The van der Waals surface area contributed by atoms with E-state index in [1.165, 1.54) is 68.1 Å². The van der Waals surface area contributed by atoms with Crippen LogP contribution in [0.3, 0.4) is 0 Å². The molecule has 0 spiro atoms. The van der Waals surface area contributed by atoms with Gasteiger partial charge in [0.15, 0.2) is 0 Å². The average Bonchev–Trinajstić information content (AvgIpc) is 2.80. The van der Waals surface area contributed by atoms with Gasteiger partial charge in [-0.15, -0.1) is 0 Å². The number of hydrogen-bond acceptors (Lipinski definition) is 2. The first kappa shape index (κ1) is 21.6. The van der Waals surface area contributed by atoms with Crippen molar-refractivity contribution < 1.29 is 4.74 Å². The summed E-state index contributed by atoms with van der Waals surface area (Å²) in [5.74, 6) is 1.40. The number of benzene rings is 2. The van der Waals surface area contributed by atoms with E-state index in [2.05, 4.69) is 44.2 Å². The van der Waals surface area contributed by atoms with Crippen LogP contribution >= 0.6 is 0 Å². The van der Waals surface area contributed by atoms with Crippen LogP contribution in [0.1, 0.15) is 82.3 Å². The van der Waals surface area contributed by atoms with Crippen LogP contribution in [0.25, 0.3) is 11.1 Å². The maximum atomic E-state index is 8.95. The molecule has 0 bridgehead atoms. The third kappa shape index (κ3) is 6.18. The van der Waals surface area contributed by atoms with E-state index in [4.69, 9.17) is 10.00 Å². The Morgan fingerprint density at radius 2 is 1.55 bits per heavy atom. The van der Waals surface area contributed by atoms with Crippen LogP contribution in [0.2, 0.25) is 0 Å². The monoisotopic (exact) mass is 389 g/mol. The van der Waals surface area contributed by atoms with Crippen LogP contribution in [0.5, 0.6) is 0 Å². The Bertz CT molecular complexity index is 764. The molecule has 1 aliphatic carbocycles. The normalized spacial score (nSPS) is 20.2. The molecule has 29 heavy (non-hydrogen) atoms. The summed E-state index contributed by atoms with van der Waals surface area (Å²) in [4.78, 5) is 0. The maximum Gasteiger partial charge on any atom is 0.0991 e. The Morgan fingerprint density at radius 3 is 2.10 bits per heavy atom. The van der Waals surface area contributed by atoms with Gasteiger partial charge in [-0.3, -0.25) is 0 Å². The molecule has 2 aromatic rings. The van der Waals surface area contributed by atoms with Gasteiger partial charge >= 0.3 is 0 Å². The highest BCUT2D eigenvalue weighted by Crippen LogP contribution is 2.35. The van der Waals surface area contributed by atoms with Gasteiger partial charge in [-0.1, -0.05) is 69.5 Å². The lowest BCUT2D eigenvalue weighted by atomic mass is 9.82. The predicted octanol–water partition coefficient (Wildman–Crippen LogP) is 7.48. The van der Waals surface area contributed by atoms with Gasteiger partial charge in [0.2, 0.25) is 0 Å². The van der Waals surface area contributed by atoms with E-state index in [0.29, 0.717) is 17.6 Å². The van der Waals surface area contributed by atoms with Crippen molar-refractivity contribution >= 4 is 0 Å². The second kappa shape index (κ2) is 11.2. The van der Waals surface area contributed by atoms with Crippen molar-refractivity contribution in [1.29, 1.82) is 5.26 Å². The van der Waals surface area contributed by atoms with E-state index in [1.54, 1.807) is 0 Å². The minimum Gasteiger partial charge on any atom is -0.378 e. The lowest BCUT2D eigenvalue weighted by molar-refractivity contribution is 0.00221. The summed E-state index contributed by atoms with van der Waals surface area (Å²) in [5.41, 5.74) is 4.55. The summed E-state index contributed by atoms with van der Waals surface area (Å²) in [5, 5.41) is 8.95. The molecule has 0 heterocycles. The fraction of sp³-hybridized carbons (Fsp3) is 0.519. The second-order valence-corrected chi connectivity index (χ2v) is 8.53.